The summed E-state index contributed by atoms with van der Waals surface area (Å²) >= 11 is 0. The maximum atomic E-state index is 11.2. The molecule has 0 saturated carbocycles. The van der Waals surface area contributed by atoms with Gasteiger partial charge in [0.2, 0.25) is 5.88 Å². The molecule has 1 amide bonds. The Hall–Kier alpha value is -1.89. The van der Waals surface area contributed by atoms with Crippen LogP contribution in [0, 0.1) is 0 Å². The molecule has 0 bridgehead atoms. The fourth-order valence-electron chi connectivity index (χ4n) is 0.834. The maximum Gasteiger partial charge on any atom is 0.267 e. The second kappa shape index (κ2) is 4.38. The van der Waals surface area contributed by atoms with Gasteiger partial charge >= 0.3 is 0 Å². The number of hydrogen-bond acceptors (Lipinski definition) is 5. The van der Waals surface area contributed by atoms with Gasteiger partial charge in [-0.2, -0.15) is 0 Å². The van der Waals surface area contributed by atoms with E-state index in [9.17, 15) is 9.59 Å². The highest BCUT2D eigenvalue weighted by Gasteiger charge is 2.04. The number of methoxy groups -OCH3 is 1. The minimum absolute atomic E-state index is 0.230. The number of ether oxygens (including phenoxy) is 1. The highest BCUT2D eigenvalue weighted by Crippen LogP contribution is 1.98. The molecule has 0 aliphatic rings. The van der Waals surface area contributed by atoms with E-state index < -0.39 is 11.5 Å². The summed E-state index contributed by atoms with van der Waals surface area (Å²) in [6.07, 6.45) is 0. The van der Waals surface area contributed by atoms with Gasteiger partial charge < -0.3 is 4.74 Å². The van der Waals surface area contributed by atoms with E-state index >= 15 is 0 Å². The van der Waals surface area contributed by atoms with Crippen molar-refractivity contribution in [3.63, 3.8) is 0 Å². The Morgan fingerprint density at radius 2 is 2.43 bits per heavy atom. The van der Waals surface area contributed by atoms with E-state index in [1.54, 1.807) is 0 Å². The zero-order chi connectivity index (χ0) is 10.6. The molecule has 0 unspecified atom stereocenters. The zero-order valence-corrected chi connectivity index (χ0v) is 7.56. The van der Waals surface area contributed by atoms with E-state index in [0.29, 0.717) is 0 Å². The van der Waals surface area contributed by atoms with Crippen LogP contribution in [-0.2, 0) is 11.3 Å². The van der Waals surface area contributed by atoms with E-state index in [2.05, 4.69) is 5.10 Å². The third-order valence-electron chi connectivity index (χ3n) is 1.51. The van der Waals surface area contributed by atoms with Gasteiger partial charge in [0, 0.05) is 12.1 Å². The van der Waals surface area contributed by atoms with E-state index in [4.69, 9.17) is 10.6 Å². The summed E-state index contributed by atoms with van der Waals surface area (Å²) in [5.74, 6) is 4.62. The summed E-state index contributed by atoms with van der Waals surface area (Å²) in [5.41, 5.74) is 1.50. The average Bonchev–Trinajstić information content (AvgIpc) is 2.21. The van der Waals surface area contributed by atoms with Crippen LogP contribution in [0.2, 0.25) is 0 Å². The van der Waals surface area contributed by atoms with Crippen molar-refractivity contribution < 1.29 is 9.53 Å². The number of nitrogens with one attached hydrogen (secondary N) is 1. The molecule has 0 spiro atoms. The standard InChI is InChI=1S/C7H10N4O3/c1-14-6-2-3-7(13)11(10-6)4-5(12)9-8/h2-3H,4,8H2,1H3,(H,9,12). The van der Waals surface area contributed by atoms with Crippen molar-refractivity contribution in [3.05, 3.63) is 22.5 Å². The lowest BCUT2D eigenvalue weighted by atomic mass is 10.5. The van der Waals surface area contributed by atoms with Gasteiger partial charge in [-0.25, -0.2) is 10.5 Å². The Bertz CT molecular complexity index is 387. The molecule has 0 saturated heterocycles. The second-order valence-electron chi connectivity index (χ2n) is 2.44. The maximum absolute atomic E-state index is 11.2. The first-order valence-electron chi connectivity index (χ1n) is 3.79. The lowest BCUT2D eigenvalue weighted by Gasteiger charge is -2.04. The number of carbonyl (C=O) groups is 1. The van der Waals surface area contributed by atoms with Crippen LogP contribution in [0.1, 0.15) is 0 Å². The van der Waals surface area contributed by atoms with Crippen molar-refractivity contribution in [1.82, 2.24) is 15.2 Å². The molecule has 76 valence electrons. The summed E-state index contributed by atoms with van der Waals surface area (Å²) in [5, 5.41) is 3.74. The summed E-state index contributed by atoms with van der Waals surface area (Å²) < 4.78 is 5.75. The van der Waals surface area contributed by atoms with Crippen LogP contribution >= 0.6 is 0 Å². The number of amides is 1. The molecule has 0 aliphatic carbocycles. The molecular formula is C7H10N4O3. The number of hydrogen-bond donors (Lipinski definition) is 2. The zero-order valence-electron chi connectivity index (χ0n) is 7.56. The highest BCUT2D eigenvalue weighted by atomic mass is 16.5. The van der Waals surface area contributed by atoms with Crippen molar-refractivity contribution in [2.24, 2.45) is 5.84 Å². The SMILES string of the molecule is COc1ccc(=O)n(CC(=O)NN)n1. The Morgan fingerprint density at radius 1 is 1.71 bits per heavy atom. The second-order valence-corrected chi connectivity index (χ2v) is 2.44. The van der Waals surface area contributed by atoms with Crippen molar-refractivity contribution in [2.45, 2.75) is 6.54 Å². The van der Waals surface area contributed by atoms with Gasteiger partial charge in [0.1, 0.15) is 6.54 Å². The van der Waals surface area contributed by atoms with Crippen LogP contribution in [0.25, 0.3) is 0 Å². The monoisotopic (exact) mass is 198 g/mol. The molecule has 0 radical (unpaired) electrons. The molecule has 7 heteroatoms. The van der Waals surface area contributed by atoms with E-state index in [1.165, 1.54) is 19.2 Å². The van der Waals surface area contributed by atoms with Crippen LogP contribution in [0.15, 0.2) is 16.9 Å². The van der Waals surface area contributed by atoms with Crippen LogP contribution in [-0.4, -0.2) is 22.8 Å². The largest absolute Gasteiger partial charge is 0.480 e. The Morgan fingerprint density at radius 3 is 3.00 bits per heavy atom. The number of carbonyl (C=O) groups excluding carboxylic acids is 1. The van der Waals surface area contributed by atoms with Gasteiger partial charge in [0.25, 0.3) is 11.5 Å². The van der Waals surface area contributed by atoms with E-state index in [-0.39, 0.29) is 12.4 Å². The molecule has 0 fully saturated rings. The number of rotatable bonds is 3. The van der Waals surface area contributed by atoms with Gasteiger partial charge in [-0.15, -0.1) is 5.10 Å². The number of nitrogens with two attached hydrogens (primary N) is 1. The smallest absolute Gasteiger partial charge is 0.267 e. The summed E-state index contributed by atoms with van der Waals surface area (Å²) in [6, 6.07) is 2.68. The third kappa shape index (κ3) is 2.30. The molecule has 14 heavy (non-hydrogen) atoms. The van der Waals surface area contributed by atoms with E-state index in [0.717, 1.165) is 4.68 Å². The van der Waals surface area contributed by atoms with Gasteiger partial charge in [-0.3, -0.25) is 15.0 Å². The fraction of sp³-hybridized carbons (Fsp3) is 0.286. The summed E-state index contributed by atoms with van der Waals surface area (Å²) in [7, 11) is 1.42. The molecule has 7 nitrogen and oxygen atoms in total. The minimum atomic E-state index is -0.507. The van der Waals surface area contributed by atoms with Crippen molar-refractivity contribution in [2.75, 3.05) is 7.11 Å². The molecule has 1 aromatic rings. The Kier molecular flexibility index (Phi) is 3.19. The molecule has 0 atom stereocenters. The molecule has 3 N–H and O–H groups in total. The van der Waals surface area contributed by atoms with Crippen LogP contribution in [0.4, 0.5) is 0 Å². The molecule has 1 rings (SSSR count). The lowest BCUT2D eigenvalue weighted by molar-refractivity contribution is -0.122. The first-order chi connectivity index (χ1) is 6.67. The van der Waals surface area contributed by atoms with Crippen LogP contribution < -0.4 is 21.6 Å². The van der Waals surface area contributed by atoms with Crippen molar-refractivity contribution in [1.29, 1.82) is 0 Å². The number of hydrazine groups is 1. The first kappa shape index (κ1) is 10.2. The lowest BCUT2D eigenvalue weighted by Crippen LogP contribution is -2.37. The van der Waals surface area contributed by atoms with Gasteiger partial charge in [-0.05, 0) is 0 Å². The third-order valence-corrected chi connectivity index (χ3v) is 1.51. The van der Waals surface area contributed by atoms with Gasteiger partial charge in [0.15, 0.2) is 0 Å². The Labute approximate surface area is 79.4 Å². The van der Waals surface area contributed by atoms with Gasteiger partial charge in [-0.1, -0.05) is 0 Å². The fourth-order valence-corrected chi connectivity index (χ4v) is 0.834. The summed E-state index contributed by atoms with van der Waals surface area (Å²) in [4.78, 5) is 22.0. The number of aromatic nitrogens is 2. The molecule has 0 aliphatic heterocycles. The predicted octanol–water partition coefficient (Wildman–Crippen LogP) is -1.76. The molecule has 1 aromatic heterocycles. The average molecular weight is 198 g/mol. The summed E-state index contributed by atoms with van der Waals surface area (Å²) in [6.45, 7) is -0.230. The Balaban J connectivity index is 2.95. The van der Waals surface area contributed by atoms with Crippen molar-refractivity contribution >= 4 is 5.91 Å². The predicted molar refractivity (Wildman–Crippen MR) is 47.4 cm³/mol. The quantitative estimate of drug-likeness (QED) is 0.340. The normalized spacial score (nSPS) is 9.57. The molecule has 0 aromatic carbocycles. The number of nitrogens with zero attached hydrogens (tertiary/aromatic N) is 2. The van der Waals surface area contributed by atoms with Gasteiger partial charge in [0.05, 0.1) is 7.11 Å². The van der Waals surface area contributed by atoms with Crippen LogP contribution in [0.5, 0.6) is 5.88 Å². The topological polar surface area (TPSA) is 99.2 Å². The molecule has 1 heterocycles. The van der Waals surface area contributed by atoms with Crippen LogP contribution in [0.3, 0.4) is 0 Å². The minimum Gasteiger partial charge on any atom is -0.480 e. The van der Waals surface area contributed by atoms with E-state index in [1.807, 2.05) is 5.43 Å². The van der Waals surface area contributed by atoms with Crippen molar-refractivity contribution in [3.8, 4) is 5.88 Å². The first-order valence-corrected chi connectivity index (χ1v) is 3.79. The highest BCUT2D eigenvalue weighted by molar-refractivity contribution is 5.74. The molecular weight excluding hydrogens is 188 g/mol.